The second kappa shape index (κ2) is 7.34. The molecule has 4 nitrogen and oxygen atoms in total. The van der Waals surface area contributed by atoms with E-state index in [1.807, 2.05) is 24.3 Å². The number of methoxy groups -OCH3 is 1. The molecule has 2 fully saturated rings. The van der Waals surface area contributed by atoms with Gasteiger partial charge in [0.1, 0.15) is 6.61 Å². The molecule has 0 N–H and O–H groups in total. The molecule has 2 saturated heterocycles. The Morgan fingerprint density at radius 3 is 2.64 bits per heavy atom. The summed E-state index contributed by atoms with van der Waals surface area (Å²) in [7, 11) is 1.68. The van der Waals surface area contributed by atoms with E-state index in [4.69, 9.17) is 9.47 Å². The van der Waals surface area contributed by atoms with Crippen molar-refractivity contribution in [2.75, 3.05) is 39.9 Å². The van der Waals surface area contributed by atoms with Crippen LogP contribution in [0.4, 0.5) is 0 Å². The molecule has 3 rings (SSSR count). The highest BCUT2D eigenvalue weighted by atomic mass is 16.5. The summed E-state index contributed by atoms with van der Waals surface area (Å²) in [5.74, 6) is 1.65. The zero-order valence-electron chi connectivity index (χ0n) is 13.8. The minimum atomic E-state index is 0.725. The molecule has 1 aromatic carbocycles. The zero-order valence-corrected chi connectivity index (χ0v) is 13.8. The molecule has 0 amide bonds. The minimum Gasteiger partial charge on any atom is -0.493 e. The van der Waals surface area contributed by atoms with Crippen molar-refractivity contribution in [3.63, 3.8) is 0 Å². The summed E-state index contributed by atoms with van der Waals surface area (Å²) >= 11 is 0. The standard InChI is InChI=1S/C18H28N2O2/c1-15-7-5-6-10-20(15)16-13-19(14-16)11-12-22-18-9-4-3-8-17(18)21-2/h3-4,8-9,15-16H,5-7,10-14H2,1-2H3/t15-/m1/s1. The quantitative estimate of drug-likeness (QED) is 0.806. The fraction of sp³-hybridized carbons (Fsp3) is 0.667. The van der Waals surface area contributed by atoms with Gasteiger partial charge in [-0.2, -0.15) is 0 Å². The van der Waals surface area contributed by atoms with Crippen LogP contribution in [0.3, 0.4) is 0 Å². The summed E-state index contributed by atoms with van der Waals surface area (Å²) in [6.45, 7) is 7.78. The Balaban J connectivity index is 1.38. The van der Waals surface area contributed by atoms with Crippen molar-refractivity contribution in [1.29, 1.82) is 0 Å². The number of hydrogen-bond donors (Lipinski definition) is 0. The first kappa shape index (κ1) is 15.6. The van der Waals surface area contributed by atoms with Gasteiger partial charge in [0.2, 0.25) is 0 Å². The number of hydrogen-bond acceptors (Lipinski definition) is 4. The second-order valence-corrected chi connectivity index (χ2v) is 6.50. The summed E-state index contributed by atoms with van der Waals surface area (Å²) in [5, 5.41) is 0. The summed E-state index contributed by atoms with van der Waals surface area (Å²) in [6.07, 6.45) is 4.14. The monoisotopic (exact) mass is 304 g/mol. The molecule has 4 heteroatoms. The van der Waals surface area contributed by atoms with Gasteiger partial charge in [0.15, 0.2) is 11.5 Å². The zero-order chi connectivity index (χ0) is 15.4. The molecule has 122 valence electrons. The van der Waals surface area contributed by atoms with E-state index in [2.05, 4.69) is 16.7 Å². The summed E-state index contributed by atoms with van der Waals surface area (Å²) in [6, 6.07) is 9.38. The molecular formula is C18H28N2O2. The maximum atomic E-state index is 5.86. The normalized spacial score (nSPS) is 24.0. The molecule has 0 bridgehead atoms. The van der Waals surface area contributed by atoms with E-state index in [-0.39, 0.29) is 0 Å². The third-order valence-corrected chi connectivity index (χ3v) is 5.00. The summed E-state index contributed by atoms with van der Waals surface area (Å²) in [5.41, 5.74) is 0. The van der Waals surface area contributed by atoms with Gasteiger partial charge in [0.05, 0.1) is 7.11 Å². The van der Waals surface area contributed by atoms with Gasteiger partial charge in [-0.1, -0.05) is 18.6 Å². The van der Waals surface area contributed by atoms with Crippen molar-refractivity contribution >= 4 is 0 Å². The Labute approximate surface area is 134 Å². The van der Waals surface area contributed by atoms with Gasteiger partial charge in [-0.25, -0.2) is 0 Å². The molecule has 0 unspecified atom stereocenters. The fourth-order valence-corrected chi connectivity index (χ4v) is 3.62. The molecule has 1 atom stereocenters. The molecule has 0 aliphatic carbocycles. The number of piperidine rings is 1. The van der Waals surface area contributed by atoms with Gasteiger partial charge < -0.3 is 9.47 Å². The Kier molecular flexibility index (Phi) is 5.21. The molecule has 2 aliphatic rings. The Hall–Kier alpha value is -1.26. The van der Waals surface area contributed by atoms with Crippen LogP contribution < -0.4 is 9.47 Å². The number of nitrogens with zero attached hydrogens (tertiary/aromatic N) is 2. The number of para-hydroxylation sites is 2. The van der Waals surface area contributed by atoms with Gasteiger partial charge >= 0.3 is 0 Å². The van der Waals surface area contributed by atoms with Crippen molar-refractivity contribution < 1.29 is 9.47 Å². The van der Waals surface area contributed by atoms with Crippen LogP contribution >= 0.6 is 0 Å². The second-order valence-electron chi connectivity index (χ2n) is 6.50. The van der Waals surface area contributed by atoms with Gasteiger partial charge in [-0.15, -0.1) is 0 Å². The predicted molar refractivity (Wildman–Crippen MR) is 88.7 cm³/mol. The number of ether oxygens (including phenoxy) is 2. The van der Waals surface area contributed by atoms with E-state index in [1.54, 1.807) is 7.11 Å². The smallest absolute Gasteiger partial charge is 0.161 e. The molecule has 22 heavy (non-hydrogen) atoms. The van der Waals surface area contributed by atoms with E-state index in [0.29, 0.717) is 0 Å². The van der Waals surface area contributed by atoms with Gasteiger partial charge in [-0.05, 0) is 38.4 Å². The van der Waals surface area contributed by atoms with E-state index < -0.39 is 0 Å². The first-order valence-electron chi connectivity index (χ1n) is 8.52. The minimum absolute atomic E-state index is 0.725. The summed E-state index contributed by atoms with van der Waals surface area (Å²) < 4.78 is 11.2. The van der Waals surface area contributed by atoms with Crippen LogP contribution in [0.1, 0.15) is 26.2 Å². The third kappa shape index (κ3) is 3.55. The molecule has 0 spiro atoms. The average Bonchev–Trinajstić information content (AvgIpc) is 2.51. The lowest BCUT2D eigenvalue weighted by Crippen LogP contribution is -2.62. The highest BCUT2D eigenvalue weighted by Crippen LogP contribution is 2.26. The lowest BCUT2D eigenvalue weighted by Gasteiger charge is -2.49. The van der Waals surface area contributed by atoms with Crippen LogP contribution in [0.2, 0.25) is 0 Å². The molecule has 0 aromatic heterocycles. The van der Waals surface area contributed by atoms with Crippen LogP contribution in [0.25, 0.3) is 0 Å². The van der Waals surface area contributed by atoms with Gasteiger partial charge in [0, 0.05) is 31.7 Å². The molecule has 1 aromatic rings. The molecule has 2 heterocycles. The Morgan fingerprint density at radius 1 is 1.14 bits per heavy atom. The molecular weight excluding hydrogens is 276 g/mol. The maximum Gasteiger partial charge on any atom is 0.161 e. The number of rotatable bonds is 6. The van der Waals surface area contributed by atoms with Crippen LogP contribution in [-0.4, -0.2) is 61.8 Å². The van der Waals surface area contributed by atoms with Crippen molar-refractivity contribution in [2.45, 2.75) is 38.3 Å². The lowest BCUT2D eigenvalue weighted by atomic mass is 9.97. The molecule has 0 radical (unpaired) electrons. The van der Waals surface area contributed by atoms with Crippen LogP contribution in [-0.2, 0) is 0 Å². The van der Waals surface area contributed by atoms with Crippen LogP contribution in [0.15, 0.2) is 24.3 Å². The molecule has 2 aliphatic heterocycles. The van der Waals surface area contributed by atoms with E-state index in [0.717, 1.165) is 36.7 Å². The topological polar surface area (TPSA) is 24.9 Å². The highest BCUT2D eigenvalue weighted by Gasteiger charge is 2.34. The van der Waals surface area contributed by atoms with Gasteiger partial charge in [0.25, 0.3) is 0 Å². The number of benzene rings is 1. The van der Waals surface area contributed by atoms with E-state index in [1.165, 1.54) is 38.9 Å². The fourth-order valence-electron chi connectivity index (χ4n) is 3.62. The Bertz CT molecular complexity index is 474. The van der Waals surface area contributed by atoms with E-state index in [9.17, 15) is 0 Å². The largest absolute Gasteiger partial charge is 0.493 e. The highest BCUT2D eigenvalue weighted by molar-refractivity contribution is 5.39. The first-order chi connectivity index (χ1) is 10.8. The van der Waals surface area contributed by atoms with Crippen LogP contribution in [0, 0.1) is 0 Å². The lowest BCUT2D eigenvalue weighted by molar-refractivity contribution is -0.00702. The third-order valence-electron chi connectivity index (χ3n) is 5.00. The SMILES string of the molecule is COc1ccccc1OCCN1CC(N2CCCC[C@H]2C)C1. The van der Waals surface area contributed by atoms with E-state index >= 15 is 0 Å². The average molecular weight is 304 g/mol. The first-order valence-corrected chi connectivity index (χ1v) is 8.52. The summed E-state index contributed by atoms with van der Waals surface area (Å²) in [4.78, 5) is 5.20. The van der Waals surface area contributed by atoms with Crippen molar-refractivity contribution in [3.05, 3.63) is 24.3 Å². The van der Waals surface area contributed by atoms with Gasteiger partial charge in [-0.3, -0.25) is 9.80 Å². The van der Waals surface area contributed by atoms with Crippen molar-refractivity contribution in [3.8, 4) is 11.5 Å². The Morgan fingerprint density at radius 2 is 1.91 bits per heavy atom. The maximum absolute atomic E-state index is 5.86. The van der Waals surface area contributed by atoms with Crippen molar-refractivity contribution in [2.24, 2.45) is 0 Å². The predicted octanol–water partition coefficient (Wildman–Crippen LogP) is 2.63. The van der Waals surface area contributed by atoms with Crippen molar-refractivity contribution in [1.82, 2.24) is 9.80 Å². The molecule has 0 saturated carbocycles. The van der Waals surface area contributed by atoms with Crippen LogP contribution in [0.5, 0.6) is 11.5 Å². The number of likely N-dealkylation sites (tertiary alicyclic amines) is 2.